The van der Waals surface area contributed by atoms with E-state index in [2.05, 4.69) is 10.1 Å². The van der Waals surface area contributed by atoms with Crippen LogP contribution < -0.4 is 0 Å². The molecule has 0 spiro atoms. The zero-order valence-electron chi connectivity index (χ0n) is 9.18. The Bertz CT molecular complexity index is 556. The number of aromatic nitrogens is 3. The molecule has 0 saturated carbocycles. The molecule has 2 aromatic heterocycles. The van der Waals surface area contributed by atoms with Gasteiger partial charge in [-0.2, -0.15) is 5.10 Å². The number of carbonyl (C=O) groups is 1. The summed E-state index contributed by atoms with van der Waals surface area (Å²) >= 11 is 1.14. The third kappa shape index (κ3) is 1.71. The quantitative estimate of drug-likeness (QED) is 0.866. The van der Waals surface area contributed by atoms with Gasteiger partial charge in [-0.15, -0.1) is 0 Å². The van der Waals surface area contributed by atoms with Crippen LogP contribution in [-0.2, 0) is 0 Å². The van der Waals surface area contributed by atoms with Crippen molar-refractivity contribution in [2.24, 2.45) is 0 Å². The number of nitrogens with zero attached hydrogens (tertiary/aromatic N) is 3. The van der Waals surface area contributed by atoms with E-state index in [1.807, 2.05) is 19.9 Å². The maximum Gasteiger partial charge on any atom is 0.347 e. The number of aromatic carboxylic acids is 1. The van der Waals surface area contributed by atoms with Crippen LogP contribution in [0, 0.1) is 20.8 Å². The zero-order valence-corrected chi connectivity index (χ0v) is 10.00. The Morgan fingerprint density at radius 1 is 1.44 bits per heavy atom. The highest BCUT2D eigenvalue weighted by Gasteiger charge is 2.16. The van der Waals surface area contributed by atoms with Gasteiger partial charge in [0.25, 0.3) is 0 Å². The first-order chi connectivity index (χ1) is 7.49. The first kappa shape index (κ1) is 10.8. The molecule has 0 unspecified atom stereocenters. The lowest BCUT2D eigenvalue weighted by molar-refractivity contribution is 0.0701. The minimum atomic E-state index is -0.942. The SMILES string of the molecule is Cc1cc(C)n(-c2nc(C)c(C(=O)O)s2)n1. The Morgan fingerprint density at radius 3 is 2.56 bits per heavy atom. The van der Waals surface area contributed by atoms with Gasteiger partial charge in [-0.25, -0.2) is 14.5 Å². The molecular weight excluding hydrogens is 226 g/mol. The molecule has 2 aromatic rings. The number of carboxylic acid groups (broad SMARTS) is 1. The van der Waals surface area contributed by atoms with Crippen molar-refractivity contribution in [3.63, 3.8) is 0 Å². The number of thiazole rings is 1. The molecule has 2 heterocycles. The maximum absolute atomic E-state index is 10.9. The summed E-state index contributed by atoms with van der Waals surface area (Å²) in [5, 5.41) is 13.8. The van der Waals surface area contributed by atoms with Crippen molar-refractivity contribution in [1.82, 2.24) is 14.8 Å². The normalized spacial score (nSPS) is 10.7. The fourth-order valence-corrected chi connectivity index (χ4v) is 2.41. The number of aryl methyl sites for hydroxylation is 3. The Labute approximate surface area is 96.4 Å². The van der Waals surface area contributed by atoms with Gasteiger partial charge in [0.1, 0.15) is 4.88 Å². The van der Waals surface area contributed by atoms with Crippen LogP contribution in [0.5, 0.6) is 0 Å². The van der Waals surface area contributed by atoms with Gasteiger partial charge in [-0.05, 0) is 26.8 Å². The third-order valence-corrected chi connectivity index (χ3v) is 3.29. The Kier molecular flexibility index (Phi) is 2.51. The fraction of sp³-hybridized carbons (Fsp3) is 0.300. The van der Waals surface area contributed by atoms with Crippen molar-refractivity contribution in [2.45, 2.75) is 20.8 Å². The molecule has 0 aliphatic heterocycles. The van der Waals surface area contributed by atoms with Crippen molar-refractivity contribution in [1.29, 1.82) is 0 Å². The Hall–Kier alpha value is -1.69. The molecule has 0 bridgehead atoms. The van der Waals surface area contributed by atoms with Gasteiger partial charge >= 0.3 is 5.97 Å². The molecule has 16 heavy (non-hydrogen) atoms. The zero-order chi connectivity index (χ0) is 11.9. The second-order valence-electron chi connectivity index (χ2n) is 3.56. The maximum atomic E-state index is 10.9. The standard InChI is InChI=1S/C10H11N3O2S/c1-5-4-6(2)13(12-5)10-11-7(3)8(16-10)9(14)15/h4H,1-3H3,(H,14,15). The number of hydrogen-bond acceptors (Lipinski definition) is 4. The van der Waals surface area contributed by atoms with Crippen molar-refractivity contribution < 1.29 is 9.90 Å². The summed E-state index contributed by atoms with van der Waals surface area (Å²) in [6.07, 6.45) is 0. The third-order valence-electron chi connectivity index (χ3n) is 2.17. The van der Waals surface area contributed by atoms with Gasteiger partial charge in [0, 0.05) is 5.69 Å². The van der Waals surface area contributed by atoms with Crippen molar-refractivity contribution in [2.75, 3.05) is 0 Å². The van der Waals surface area contributed by atoms with Gasteiger partial charge in [0.2, 0.25) is 5.13 Å². The summed E-state index contributed by atoms with van der Waals surface area (Å²) in [7, 11) is 0. The molecule has 5 nitrogen and oxygen atoms in total. The Morgan fingerprint density at radius 2 is 2.12 bits per heavy atom. The van der Waals surface area contributed by atoms with Crippen LogP contribution in [0.2, 0.25) is 0 Å². The lowest BCUT2D eigenvalue weighted by atomic mass is 10.4. The minimum absolute atomic E-state index is 0.266. The topological polar surface area (TPSA) is 68.0 Å². The van der Waals surface area contributed by atoms with E-state index in [4.69, 9.17) is 5.11 Å². The van der Waals surface area contributed by atoms with E-state index in [0.717, 1.165) is 22.7 Å². The van der Waals surface area contributed by atoms with E-state index in [9.17, 15) is 4.79 Å². The summed E-state index contributed by atoms with van der Waals surface area (Å²) in [5.74, 6) is -0.942. The van der Waals surface area contributed by atoms with Crippen molar-refractivity contribution >= 4 is 17.3 Å². The van der Waals surface area contributed by atoms with Crippen LogP contribution in [0.1, 0.15) is 26.8 Å². The van der Waals surface area contributed by atoms with Crippen molar-refractivity contribution in [3.8, 4) is 5.13 Å². The van der Waals surface area contributed by atoms with E-state index in [-0.39, 0.29) is 4.88 Å². The number of hydrogen-bond donors (Lipinski definition) is 1. The van der Waals surface area contributed by atoms with Gasteiger partial charge < -0.3 is 5.11 Å². The average molecular weight is 237 g/mol. The van der Waals surface area contributed by atoms with Crippen LogP contribution in [0.3, 0.4) is 0 Å². The molecule has 1 N–H and O–H groups in total. The molecule has 0 aromatic carbocycles. The monoisotopic (exact) mass is 237 g/mol. The van der Waals surface area contributed by atoms with E-state index < -0.39 is 5.97 Å². The molecule has 2 rings (SSSR count). The summed E-state index contributed by atoms with van der Waals surface area (Å²) in [4.78, 5) is 15.4. The second kappa shape index (κ2) is 3.71. The number of rotatable bonds is 2. The molecule has 0 atom stereocenters. The summed E-state index contributed by atoms with van der Waals surface area (Å²) in [6, 6.07) is 1.93. The summed E-state index contributed by atoms with van der Waals surface area (Å²) < 4.78 is 1.67. The van der Waals surface area contributed by atoms with Gasteiger partial charge in [-0.1, -0.05) is 11.3 Å². The molecule has 0 radical (unpaired) electrons. The smallest absolute Gasteiger partial charge is 0.347 e. The first-order valence-electron chi connectivity index (χ1n) is 4.73. The highest BCUT2D eigenvalue weighted by molar-refractivity contribution is 7.16. The van der Waals surface area contributed by atoms with E-state index in [1.165, 1.54) is 0 Å². The fourth-order valence-electron chi connectivity index (χ4n) is 1.49. The van der Waals surface area contributed by atoms with Crippen LogP contribution >= 0.6 is 11.3 Å². The van der Waals surface area contributed by atoms with Crippen LogP contribution in [0.25, 0.3) is 5.13 Å². The highest BCUT2D eigenvalue weighted by atomic mass is 32.1. The van der Waals surface area contributed by atoms with Gasteiger partial charge in [0.05, 0.1) is 11.4 Å². The van der Waals surface area contributed by atoms with Crippen LogP contribution in [0.15, 0.2) is 6.07 Å². The molecule has 0 saturated heterocycles. The van der Waals surface area contributed by atoms with Gasteiger partial charge in [0.15, 0.2) is 0 Å². The Balaban J connectivity index is 2.53. The molecule has 0 fully saturated rings. The predicted molar refractivity (Wildman–Crippen MR) is 60.4 cm³/mol. The first-order valence-corrected chi connectivity index (χ1v) is 5.55. The van der Waals surface area contributed by atoms with Gasteiger partial charge in [-0.3, -0.25) is 0 Å². The highest BCUT2D eigenvalue weighted by Crippen LogP contribution is 2.22. The molecule has 0 aliphatic rings. The van der Waals surface area contributed by atoms with E-state index >= 15 is 0 Å². The van der Waals surface area contributed by atoms with E-state index in [1.54, 1.807) is 11.6 Å². The lowest BCUT2D eigenvalue weighted by Gasteiger charge is -1.96. The molecule has 6 heteroatoms. The lowest BCUT2D eigenvalue weighted by Crippen LogP contribution is -1.97. The predicted octanol–water partition coefficient (Wildman–Crippen LogP) is 1.95. The van der Waals surface area contributed by atoms with E-state index in [0.29, 0.717) is 10.8 Å². The minimum Gasteiger partial charge on any atom is -0.477 e. The molecule has 0 amide bonds. The largest absolute Gasteiger partial charge is 0.477 e. The summed E-state index contributed by atoms with van der Waals surface area (Å²) in [5.41, 5.74) is 2.37. The average Bonchev–Trinajstić information content (AvgIpc) is 2.69. The molecular formula is C10H11N3O2S. The van der Waals surface area contributed by atoms with Crippen LogP contribution in [-0.4, -0.2) is 25.8 Å². The number of carboxylic acids is 1. The summed E-state index contributed by atoms with van der Waals surface area (Å²) in [6.45, 7) is 5.49. The molecule has 84 valence electrons. The van der Waals surface area contributed by atoms with Crippen LogP contribution in [0.4, 0.5) is 0 Å². The second-order valence-corrected chi connectivity index (χ2v) is 4.53. The molecule has 0 aliphatic carbocycles. The van der Waals surface area contributed by atoms with Crippen molar-refractivity contribution in [3.05, 3.63) is 28.0 Å².